The molecule has 6 nitrogen and oxygen atoms in total. The number of carbonyl (C=O) groups excluding carboxylic acids is 3. The number of hydrogen-bond donors (Lipinski definition) is 3. The van der Waals surface area contributed by atoms with Crippen LogP contribution in [0.5, 0.6) is 0 Å². The fourth-order valence-electron chi connectivity index (χ4n) is 1.94. The fraction of sp³-hybridized carbons (Fsp3) is 0.308. The number of urea groups is 1. The third-order valence-electron chi connectivity index (χ3n) is 2.92. The molecule has 2 rings (SSSR count). The van der Waals surface area contributed by atoms with Crippen molar-refractivity contribution >= 4 is 23.5 Å². The topological polar surface area (TPSA) is 87.3 Å². The average Bonchev–Trinajstić information content (AvgIpc) is 2.68. The molecule has 0 saturated carbocycles. The maximum atomic E-state index is 11.8. The normalized spacial score (nSPS) is 17.8. The third-order valence-corrected chi connectivity index (χ3v) is 2.92. The first-order chi connectivity index (χ1) is 9.10. The summed E-state index contributed by atoms with van der Waals surface area (Å²) < 4.78 is 0. The summed E-state index contributed by atoms with van der Waals surface area (Å²) >= 11 is 0. The first-order valence-corrected chi connectivity index (χ1v) is 6.09. The lowest BCUT2D eigenvalue weighted by molar-refractivity contribution is -0.124. The minimum Gasteiger partial charge on any atom is -0.326 e. The zero-order chi connectivity index (χ0) is 13.8. The molecule has 0 aliphatic carbocycles. The van der Waals surface area contributed by atoms with Crippen LogP contribution >= 0.6 is 0 Å². The van der Waals surface area contributed by atoms with Crippen LogP contribution in [0.3, 0.4) is 0 Å². The number of carbonyl (C=O) groups is 3. The first kappa shape index (κ1) is 13.1. The van der Waals surface area contributed by atoms with Gasteiger partial charge >= 0.3 is 6.03 Å². The van der Waals surface area contributed by atoms with Gasteiger partial charge in [-0.25, -0.2) is 4.79 Å². The molecule has 100 valence electrons. The summed E-state index contributed by atoms with van der Waals surface area (Å²) in [5, 5.41) is 7.23. The zero-order valence-electron chi connectivity index (χ0n) is 10.5. The average molecular weight is 261 g/mol. The highest BCUT2D eigenvalue weighted by molar-refractivity contribution is 6.06. The zero-order valence-corrected chi connectivity index (χ0v) is 10.5. The molecule has 1 fully saturated rings. The number of nitrogens with one attached hydrogen (secondary N) is 3. The lowest BCUT2D eigenvalue weighted by Crippen LogP contribution is -2.33. The predicted octanol–water partition coefficient (Wildman–Crippen LogP) is 0.786. The molecule has 1 saturated heterocycles. The Bertz CT molecular complexity index is 528. The first-order valence-electron chi connectivity index (χ1n) is 6.09. The van der Waals surface area contributed by atoms with E-state index in [1.165, 1.54) is 0 Å². The van der Waals surface area contributed by atoms with Crippen molar-refractivity contribution in [3.8, 4) is 0 Å². The minimum atomic E-state index is -0.790. The Labute approximate surface area is 110 Å². The van der Waals surface area contributed by atoms with E-state index in [2.05, 4.69) is 16.0 Å². The molecule has 19 heavy (non-hydrogen) atoms. The summed E-state index contributed by atoms with van der Waals surface area (Å²) in [4.78, 5) is 34.1. The molecule has 0 radical (unpaired) electrons. The number of aryl methyl sites for hydroxylation is 1. The van der Waals surface area contributed by atoms with Gasteiger partial charge in [0.1, 0.15) is 6.04 Å². The minimum absolute atomic E-state index is 0.0738. The molecule has 6 heteroatoms. The van der Waals surface area contributed by atoms with Crippen molar-refractivity contribution in [2.24, 2.45) is 0 Å². The van der Waals surface area contributed by atoms with Gasteiger partial charge in [0.05, 0.1) is 6.42 Å². The van der Waals surface area contributed by atoms with Gasteiger partial charge in [-0.1, -0.05) is 25.1 Å². The van der Waals surface area contributed by atoms with Gasteiger partial charge in [-0.2, -0.15) is 0 Å². The van der Waals surface area contributed by atoms with E-state index in [-0.39, 0.29) is 12.3 Å². The van der Waals surface area contributed by atoms with Crippen molar-refractivity contribution in [3.63, 3.8) is 0 Å². The van der Waals surface area contributed by atoms with E-state index in [0.717, 1.165) is 17.7 Å². The maximum absolute atomic E-state index is 11.8. The van der Waals surface area contributed by atoms with E-state index in [9.17, 15) is 14.4 Å². The Kier molecular flexibility index (Phi) is 3.79. The molecule has 1 aliphatic heterocycles. The Balaban J connectivity index is 1.98. The highest BCUT2D eigenvalue weighted by Crippen LogP contribution is 2.16. The Morgan fingerprint density at radius 1 is 1.32 bits per heavy atom. The molecule has 1 unspecified atom stereocenters. The van der Waals surface area contributed by atoms with Crippen LogP contribution in [-0.4, -0.2) is 23.9 Å². The van der Waals surface area contributed by atoms with Crippen molar-refractivity contribution in [2.45, 2.75) is 25.8 Å². The summed E-state index contributed by atoms with van der Waals surface area (Å²) in [7, 11) is 0. The number of anilines is 1. The van der Waals surface area contributed by atoms with Crippen molar-refractivity contribution in [1.29, 1.82) is 0 Å². The predicted molar refractivity (Wildman–Crippen MR) is 69.5 cm³/mol. The lowest BCUT2D eigenvalue weighted by Gasteiger charge is -2.11. The summed E-state index contributed by atoms with van der Waals surface area (Å²) in [6.45, 7) is 2.00. The smallest absolute Gasteiger partial charge is 0.322 e. The van der Waals surface area contributed by atoms with Crippen LogP contribution in [0, 0.1) is 0 Å². The van der Waals surface area contributed by atoms with Gasteiger partial charge in [0.25, 0.3) is 5.91 Å². The van der Waals surface area contributed by atoms with Crippen molar-refractivity contribution < 1.29 is 14.4 Å². The monoisotopic (exact) mass is 261 g/mol. The van der Waals surface area contributed by atoms with Gasteiger partial charge in [0.2, 0.25) is 5.91 Å². The van der Waals surface area contributed by atoms with Crippen LogP contribution in [0.4, 0.5) is 10.5 Å². The van der Waals surface area contributed by atoms with E-state index in [1.807, 2.05) is 31.2 Å². The number of hydrogen-bond acceptors (Lipinski definition) is 3. The van der Waals surface area contributed by atoms with Crippen molar-refractivity contribution in [1.82, 2.24) is 10.6 Å². The maximum Gasteiger partial charge on any atom is 0.322 e. The second-order valence-corrected chi connectivity index (χ2v) is 4.28. The number of rotatable bonds is 4. The van der Waals surface area contributed by atoms with Gasteiger partial charge in [0, 0.05) is 5.69 Å². The Morgan fingerprint density at radius 3 is 2.68 bits per heavy atom. The van der Waals surface area contributed by atoms with Gasteiger partial charge < -0.3 is 10.6 Å². The van der Waals surface area contributed by atoms with Gasteiger partial charge in [-0.05, 0) is 18.1 Å². The number of imide groups is 1. The summed E-state index contributed by atoms with van der Waals surface area (Å²) in [5.41, 5.74) is 1.76. The van der Waals surface area contributed by atoms with Crippen molar-refractivity contribution in [3.05, 3.63) is 29.8 Å². The van der Waals surface area contributed by atoms with Crippen LogP contribution in [-0.2, 0) is 16.0 Å². The quantitative estimate of drug-likeness (QED) is 0.700. The molecule has 0 aromatic heterocycles. The van der Waals surface area contributed by atoms with Crippen LogP contribution in [0.1, 0.15) is 18.9 Å². The molecule has 0 spiro atoms. The van der Waals surface area contributed by atoms with Crippen molar-refractivity contribution in [2.75, 3.05) is 5.32 Å². The summed E-state index contributed by atoms with van der Waals surface area (Å²) in [6.07, 6.45) is 0.729. The highest BCUT2D eigenvalue weighted by Gasteiger charge is 2.31. The molecule has 3 N–H and O–H groups in total. The van der Waals surface area contributed by atoms with Crippen LogP contribution in [0.15, 0.2) is 24.3 Å². The Hall–Kier alpha value is -2.37. The molecule has 1 aliphatic rings. The number of para-hydroxylation sites is 1. The fourth-order valence-corrected chi connectivity index (χ4v) is 1.94. The second-order valence-electron chi connectivity index (χ2n) is 4.28. The molecule has 1 aromatic rings. The molecular formula is C13H15N3O3. The van der Waals surface area contributed by atoms with E-state index in [0.29, 0.717) is 0 Å². The van der Waals surface area contributed by atoms with Crippen LogP contribution in [0.25, 0.3) is 0 Å². The SMILES string of the molecule is CCc1ccccc1NC(=O)CC1NC(=O)NC1=O. The van der Waals surface area contributed by atoms with E-state index >= 15 is 0 Å². The number of amides is 4. The van der Waals surface area contributed by atoms with Crippen LogP contribution < -0.4 is 16.0 Å². The summed E-state index contributed by atoms with van der Waals surface area (Å²) in [5.74, 6) is -0.771. The van der Waals surface area contributed by atoms with E-state index in [1.54, 1.807) is 0 Å². The molecule has 1 atom stereocenters. The molecule has 4 amide bonds. The molecule has 1 aromatic carbocycles. The number of benzene rings is 1. The van der Waals surface area contributed by atoms with Gasteiger partial charge in [0.15, 0.2) is 0 Å². The van der Waals surface area contributed by atoms with Gasteiger partial charge in [-0.3, -0.25) is 14.9 Å². The van der Waals surface area contributed by atoms with Crippen LogP contribution in [0.2, 0.25) is 0 Å². The standard InChI is InChI=1S/C13H15N3O3/c1-2-8-5-3-4-6-9(8)14-11(17)7-10-12(18)16-13(19)15-10/h3-6,10H,2,7H2,1H3,(H,14,17)(H2,15,16,18,19). The lowest BCUT2D eigenvalue weighted by atomic mass is 10.1. The van der Waals surface area contributed by atoms with E-state index < -0.39 is 18.0 Å². The highest BCUT2D eigenvalue weighted by atomic mass is 16.2. The second kappa shape index (κ2) is 5.51. The van der Waals surface area contributed by atoms with Gasteiger partial charge in [-0.15, -0.1) is 0 Å². The Morgan fingerprint density at radius 2 is 2.05 bits per heavy atom. The molecule has 0 bridgehead atoms. The molecular weight excluding hydrogens is 246 g/mol. The summed E-state index contributed by atoms with van der Waals surface area (Å²) in [6, 6.07) is 6.12. The molecule has 1 heterocycles. The van der Waals surface area contributed by atoms with E-state index in [4.69, 9.17) is 0 Å². The third kappa shape index (κ3) is 3.09. The largest absolute Gasteiger partial charge is 0.326 e.